The van der Waals surface area contributed by atoms with Crippen LogP contribution in [0.5, 0.6) is 5.75 Å². The van der Waals surface area contributed by atoms with Crippen LogP contribution in [0.25, 0.3) is 0 Å². The summed E-state index contributed by atoms with van der Waals surface area (Å²) >= 11 is 5.89. The number of rotatable bonds is 5. The number of carbonyl (C=O) groups excluding carboxylic acids is 1. The average Bonchev–Trinajstić information content (AvgIpc) is 2.66. The number of halogens is 2. The SMILES string of the molecule is O=C(NCCOc1cccc(Cl)c1)N1CCN(c2ccc(F)cc2)CC1. The third-order valence-electron chi connectivity index (χ3n) is 4.20. The van der Waals surface area contributed by atoms with E-state index in [1.165, 1.54) is 12.1 Å². The quantitative estimate of drug-likeness (QED) is 0.812. The fourth-order valence-corrected chi connectivity index (χ4v) is 3.00. The van der Waals surface area contributed by atoms with Crippen LogP contribution < -0.4 is 15.0 Å². The highest BCUT2D eigenvalue weighted by molar-refractivity contribution is 6.30. The number of hydrogen-bond acceptors (Lipinski definition) is 3. The zero-order valence-corrected chi connectivity index (χ0v) is 15.1. The van der Waals surface area contributed by atoms with Crippen molar-refractivity contribution in [1.29, 1.82) is 0 Å². The van der Waals surface area contributed by atoms with E-state index >= 15 is 0 Å². The Morgan fingerprint density at radius 3 is 2.54 bits per heavy atom. The van der Waals surface area contributed by atoms with E-state index in [4.69, 9.17) is 16.3 Å². The lowest BCUT2D eigenvalue weighted by atomic mass is 10.2. The van der Waals surface area contributed by atoms with E-state index in [1.807, 2.05) is 12.1 Å². The molecule has 1 heterocycles. The van der Waals surface area contributed by atoms with Crippen molar-refractivity contribution in [3.63, 3.8) is 0 Å². The predicted molar refractivity (Wildman–Crippen MR) is 101 cm³/mol. The molecule has 0 bridgehead atoms. The van der Waals surface area contributed by atoms with Crippen molar-refractivity contribution in [2.75, 3.05) is 44.2 Å². The van der Waals surface area contributed by atoms with Gasteiger partial charge in [0.25, 0.3) is 0 Å². The number of benzene rings is 2. The highest BCUT2D eigenvalue weighted by Gasteiger charge is 2.20. The zero-order chi connectivity index (χ0) is 18.4. The summed E-state index contributed by atoms with van der Waals surface area (Å²) in [4.78, 5) is 16.1. The zero-order valence-electron chi connectivity index (χ0n) is 14.3. The van der Waals surface area contributed by atoms with Crippen LogP contribution in [0.1, 0.15) is 0 Å². The van der Waals surface area contributed by atoms with Crippen LogP contribution in [-0.4, -0.2) is 50.3 Å². The number of anilines is 1. The maximum atomic E-state index is 13.0. The molecule has 2 amide bonds. The second-order valence-electron chi connectivity index (χ2n) is 5.99. The highest BCUT2D eigenvalue weighted by Crippen LogP contribution is 2.17. The van der Waals surface area contributed by atoms with Crippen molar-refractivity contribution in [2.45, 2.75) is 0 Å². The van der Waals surface area contributed by atoms with Gasteiger partial charge in [-0.25, -0.2) is 9.18 Å². The van der Waals surface area contributed by atoms with E-state index < -0.39 is 0 Å². The molecule has 0 atom stereocenters. The van der Waals surface area contributed by atoms with Gasteiger partial charge in [-0.1, -0.05) is 17.7 Å². The minimum Gasteiger partial charge on any atom is -0.492 e. The monoisotopic (exact) mass is 377 g/mol. The van der Waals surface area contributed by atoms with Crippen LogP contribution in [-0.2, 0) is 0 Å². The number of hydrogen-bond donors (Lipinski definition) is 1. The Labute approximate surface area is 157 Å². The average molecular weight is 378 g/mol. The molecule has 7 heteroatoms. The molecule has 3 rings (SSSR count). The summed E-state index contributed by atoms with van der Waals surface area (Å²) in [5.41, 5.74) is 0.974. The standard InChI is InChI=1S/C19H21ClFN3O2/c20-15-2-1-3-18(14-15)26-13-8-22-19(25)24-11-9-23(10-12-24)17-6-4-16(21)5-7-17/h1-7,14H,8-13H2,(H,22,25). The number of amides is 2. The van der Waals surface area contributed by atoms with Crippen molar-refractivity contribution in [2.24, 2.45) is 0 Å². The van der Waals surface area contributed by atoms with Crippen LogP contribution in [0, 0.1) is 5.82 Å². The molecule has 1 fully saturated rings. The second kappa shape index (κ2) is 8.76. The van der Waals surface area contributed by atoms with Crippen LogP contribution in [0.2, 0.25) is 5.02 Å². The van der Waals surface area contributed by atoms with Gasteiger partial charge in [-0.05, 0) is 42.5 Å². The number of ether oxygens (including phenoxy) is 1. The molecule has 2 aromatic carbocycles. The molecule has 2 aromatic rings. The van der Waals surface area contributed by atoms with E-state index in [9.17, 15) is 9.18 Å². The van der Waals surface area contributed by atoms with Crippen LogP contribution in [0.15, 0.2) is 48.5 Å². The minimum atomic E-state index is -0.244. The van der Waals surface area contributed by atoms with E-state index in [0.29, 0.717) is 37.0 Å². The molecular formula is C19H21ClFN3O2. The maximum Gasteiger partial charge on any atom is 0.317 e. The van der Waals surface area contributed by atoms with Crippen molar-refractivity contribution in [1.82, 2.24) is 10.2 Å². The summed E-state index contributed by atoms with van der Waals surface area (Å²) in [5, 5.41) is 3.48. The summed E-state index contributed by atoms with van der Waals surface area (Å²) in [5.74, 6) is 0.436. The fourth-order valence-electron chi connectivity index (χ4n) is 2.82. The Kier molecular flexibility index (Phi) is 6.17. The number of urea groups is 1. The fraction of sp³-hybridized carbons (Fsp3) is 0.316. The van der Waals surface area contributed by atoms with Gasteiger partial charge in [0.1, 0.15) is 18.2 Å². The largest absolute Gasteiger partial charge is 0.492 e. The summed E-state index contributed by atoms with van der Waals surface area (Å²) in [6, 6.07) is 13.5. The van der Waals surface area contributed by atoms with Crippen molar-refractivity contribution < 1.29 is 13.9 Å². The van der Waals surface area contributed by atoms with E-state index in [1.54, 1.807) is 29.2 Å². The normalized spacial score (nSPS) is 14.2. The van der Waals surface area contributed by atoms with Crippen molar-refractivity contribution in [3.8, 4) is 5.75 Å². The summed E-state index contributed by atoms with van der Waals surface area (Å²) in [6.07, 6.45) is 0. The van der Waals surface area contributed by atoms with E-state index in [2.05, 4.69) is 10.2 Å². The van der Waals surface area contributed by atoms with Gasteiger partial charge in [-0.2, -0.15) is 0 Å². The Hall–Kier alpha value is -2.47. The molecular weight excluding hydrogens is 357 g/mol. The molecule has 0 unspecified atom stereocenters. The molecule has 0 radical (unpaired) electrons. The third kappa shape index (κ3) is 5.02. The first-order valence-corrected chi connectivity index (χ1v) is 8.91. The van der Waals surface area contributed by atoms with Crippen molar-refractivity contribution in [3.05, 3.63) is 59.4 Å². The number of carbonyl (C=O) groups is 1. The molecule has 0 aromatic heterocycles. The van der Waals surface area contributed by atoms with Crippen molar-refractivity contribution >= 4 is 23.3 Å². The molecule has 26 heavy (non-hydrogen) atoms. The molecule has 0 saturated carbocycles. The van der Waals surface area contributed by atoms with Crippen LogP contribution in [0.4, 0.5) is 14.9 Å². The Balaban J connectivity index is 1.37. The lowest BCUT2D eigenvalue weighted by Gasteiger charge is -2.36. The third-order valence-corrected chi connectivity index (χ3v) is 4.44. The Bertz CT molecular complexity index is 734. The molecule has 1 aliphatic heterocycles. The highest BCUT2D eigenvalue weighted by atomic mass is 35.5. The molecule has 5 nitrogen and oxygen atoms in total. The first-order chi connectivity index (χ1) is 12.6. The minimum absolute atomic E-state index is 0.0987. The first kappa shape index (κ1) is 18.3. The first-order valence-electron chi connectivity index (χ1n) is 8.53. The molecule has 1 aliphatic rings. The molecule has 138 valence electrons. The Morgan fingerprint density at radius 2 is 1.85 bits per heavy atom. The number of nitrogens with zero attached hydrogens (tertiary/aromatic N) is 2. The second-order valence-corrected chi connectivity index (χ2v) is 6.42. The van der Waals surface area contributed by atoms with Gasteiger partial charge in [-0.3, -0.25) is 0 Å². The van der Waals surface area contributed by atoms with E-state index in [-0.39, 0.29) is 11.8 Å². The predicted octanol–water partition coefficient (Wildman–Crippen LogP) is 3.39. The van der Waals surface area contributed by atoms with Gasteiger partial charge >= 0.3 is 6.03 Å². The van der Waals surface area contributed by atoms with Gasteiger partial charge < -0.3 is 19.9 Å². The summed E-state index contributed by atoms with van der Waals surface area (Å²) < 4.78 is 18.6. The summed E-state index contributed by atoms with van der Waals surface area (Å²) in [6.45, 7) is 3.48. The van der Waals surface area contributed by atoms with Crippen LogP contribution >= 0.6 is 11.6 Å². The number of nitrogens with one attached hydrogen (secondary N) is 1. The number of piperazine rings is 1. The Morgan fingerprint density at radius 1 is 1.12 bits per heavy atom. The molecule has 0 aliphatic carbocycles. The van der Waals surface area contributed by atoms with Crippen LogP contribution in [0.3, 0.4) is 0 Å². The van der Waals surface area contributed by atoms with E-state index in [0.717, 1.165) is 18.8 Å². The summed E-state index contributed by atoms with van der Waals surface area (Å²) in [7, 11) is 0. The smallest absolute Gasteiger partial charge is 0.317 e. The molecule has 1 N–H and O–H groups in total. The molecule has 1 saturated heterocycles. The van der Waals surface area contributed by atoms with Gasteiger partial charge in [-0.15, -0.1) is 0 Å². The lowest BCUT2D eigenvalue weighted by Crippen LogP contribution is -2.52. The molecule has 0 spiro atoms. The lowest BCUT2D eigenvalue weighted by molar-refractivity contribution is 0.191. The topological polar surface area (TPSA) is 44.8 Å². The maximum absolute atomic E-state index is 13.0. The van der Waals surface area contributed by atoms with Gasteiger partial charge in [0.05, 0.1) is 6.54 Å². The van der Waals surface area contributed by atoms with Gasteiger partial charge in [0.15, 0.2) is 0 Å². The van der Waals surface area contributed by atoms with Gasteiger partial charge in [0.2, 0.25) is 0 Å². The van der Waals surface area contributed by atoms with Gasteiger partial charge in [0, 0.05) is 36.9 Å².